The number of benzene rings is 1. The molecule has 14 heavy (non-hydrogen) atoms. The Morgan fingerprint density at radius 1 is 1.57 bits per heavy atom. The topological polar surface area (TPSA) is 57.5 Å². The van der Waals surface area contributed by atoms with Gasteiger partial charge in [-0.2, -0.15) is 0 Å². The molecule has 0 spiro atoms. The van der Waals surface area contributed by atoms with Crippen LogP contribution in [0.1, 0.15) is 24.8 Å². The minimum absolute atomic E-state index is 0.109. The van der Waals surface area contributed by atoms with E-state index < -0.39 is 17.7 Å². The van der Waals surface area contributed by atoms with E-state index in [1.807, 2.05) is 0 Å². The molecule has 0 heterocycles. The van der Waals surface area contributed by atoms with Gasteiger partial charge in [0.1, 0.15) is 11.6 Å². The van der Waals surface area contributed by atoms with Gasteiger partial charge in [-0.3, -0.25) is 4.79 Å². The molecule has 1 rings (SSSR count). The molecule has 0 saturated heterocycles. The molecular weight excluding hydrogens is 187 g/mol. The van der Waals surface area contributed by atoms with Crippen molar-refractivity contribution in [3.8, 4) is 5.75 Å². The zero-order valence-corrected chi connectivity index (χ0v) is 7.70. The van der Waals surface area contributed by atoms with Crippen LogP contribution < -0.4 is 0 Å². The molecule has 0 aromatic heterocycles. The molecule has 1 aromatic carbocycles. The van der Waals surface area contributed by atoms with Crippen LogP contribution in [0.4, 0.5) is 4.39 Å². The van der Waals surface area contributed by atoms with Crippen LogP contribution in [0.25, 0.3) is 0 Å². The molecule has 76 valence electrons. The minimum Gasteiger partial charge on any atom is -0.508 e. The first kappa shape index (κ1) is 10.5. The number of carboxylic acids is 1. The normalized spacial score (nSPS) is 12.4. The third-order valence-electron chi connectivity index (χ3n) is 2.07. The van der Waals surface area contributed by atoms with Crippen LogP contribution in [-0.4, -0.2) is 16.2 Å². The predicted octanol–water partition coefficient (Wildman–Crippen LogP) is 2.11. The van der Waals surface area contributed by atoms with Gasteiger partial charge in [-0.05, 0) is 12.5 Å². The van der Waals surface area contributed by atoms with Gasteiger partial charge >= 0.3 is 5.97 Å². The fourth-order valence-corrected chi connectivity index (χ4v) is 1.33. The van der Waals surface area contributed by atoms with E-state index in [2.05, 4.69) is 0 Å². The van der Waals surface area contributed by atoms with Gasteiger partial charge in [-0.25, -0.2) is 4.39 Å². The second-order valence-electron chi connectivity index (χ2n) is 3.00. The van der Waals surface area contributed by atoms with E-state index in [1.165, 1.54) is 12.1 Å². The summed E-state index contributed by atoms with van der Waals surface area (Å²) < 4.78 is 13.2. The predicted molar refractivity (Wildman–Crippen MR) is 48.7 cm³/mol. The van der Waals surface area contributed by atoms with E-state index in [0.29, 0.717) is 6.42 Å². The van der Waals surface area contributed by atoms with E-state index in [1.54, 1.807) is 6.92 Å². The fourth-order valence-electron chi connectivity index (χ4n) is 1.33. The summed E-state index contributed by atoms with van der Waals surface area (Å²) in [6, 6.07) is 3.50. The molecule has 0 radical (unpaired) electrons. The second-order valence-corrected chi connectivity index (χ2v) is 3.00. The Labute approximate surface area is 80.8 Å². The average molecular weight is 198 g/mol. The number of carboxylic acid groups (broad SMARTS) is 1. The van der Waals surface area contributed by atoms with Crippen molar-refractivity contribution in [3.05, 3.63) is 29.6 Å². The lowest BCUT2D eigenvalue weighted by atomic mass is 9.96. The number of phenolic OH excluding ortho intramolecular Hbond substituents is 1. The lowest BCUT2D eigenvalue weighted by molar-refractivity contribution is -0.138. The summed E-state index contributed by atoms with van der Waals surface area (Å²) in [5, 5.41) is 17.7. The van der Waals surface area contributed by atoms with Gasteiger partial charge in [0, 0.05) is 11.6 Å². The van der Waals surface area contributed by atoms with Crippen LogP contribution in [0.3, 0.4) is 0 Å². The third kappa shape index (κ3) is 2.02. The van der Waals surface area contributed by atoms with Crippen LogP contribution in [0, 0.1) is 5.82 Å². The SMILES string of the molecule is CCC(C(=O)O)c1ccc(O)cc1F. The third-order valence-corrected chi connectivity index (χ3v) is 2.07. The second kappa shape index (κ2) is 4.09. The van der Waals surface area contributed by atoms with Crippen molar-refractivity contribution in [2.45, 2.75) is 19.3 Å². The van der Waals surface area contributed by atoms with E-state index in [9.17, 15) is 9.18 Å². The number of hydrogen-bond acceptors (Lipinski definition) is 2. The molecule has 3 nitrogen and oxygen atoms in total. The van der Waals surface area contributed by atoms with Crippen molar-refractivity contribution in [3.63, 3.8) is 0 Å². The molecule has 0 amide bonds. The smallest absolute Gasteiger partial charge is 0.311 e. The molecule has 0 bridgehead atoms. The van der Waals surface area contributed by atoms with E-state index >= 15 is 0 Å². The van der Waals surface area contributed by atoms with Gasteiger partial charge in [0.15, 0.2) is 0 Å². The largest absolute Gasteiger partial charge is 0.508 e. The Morgan fingerprint density at radius 3 is 2.64 bits per heavy atom. The maximum atomic E-state index is 13.2. The Hall–Kier alpha value is -1.58. The van der Waals surface area contributed by atoms with E-state index in [0.717, 1.165) is 6.07 Å². The summed E-state index contributed by atoms with van der Waals surface area (Å²) in [4.78, 5) is 10.7. The summed E-state index contributed by atoms with van der Waals surface area (Å²) in [6.45, 7) is 1.67. The maximum Gasteiger partial charge on any atom is 0.311 e. The van der Waals surface area contributed by atoms with Gasteiger partial charge in [0.2, 0.25) is 0 Å². The summed E-state index contributed by atoms with van der Waals surface area (Å²) in [5.41, 5.74) is 0.109. The maximum absolute atomic E-state index is 13.2. The molecule has 0 saturated carbocycles. The molecule has 4 heteroatoms. The van der Waals surface area contributed by atoms with Gasteiger partial charge in [0.25, 0.3) is 0 Å². The van der Waals surface area contributed by atoms with Crippen molar-refractivity contribution in [2.24, 2.45) is 0 Å². The number of phenols is 1. The fraction of sp³-hybridized carbons (Fsp3) is 0.300. The van der Waals surface area contributed by atoms with Crippen LogP contribution in [0.15, 0.2) is 18.2 Å². The molecule has 1 unspecified atom stereocenters. The van der Waals surface area contributed by atoms with Gasteiger partial charge < -0.3 is 10.2 Å². The minimum atomic E-state index is -1.06. The molecule has 0 aliphatic carbocycles. The standard InChI is InChI=1S/C10H11FO3/c1-2-7(10(13)14)8-4-3-6(12)5-9(8)11/h3-5,7,12H,2H2,1H3,(H,13,14). The zero-order valence-electron chi connectivity index (χ0n) is 7.70. The Balaban J connectivity index is 3.10. The average Bonchev–Trinajstić information content (AvgIpc) is 2.09. The Bertz CT molecular complexity index is 349. The van der Waals surface area contributed by atoms with E-state index in [-0.39, 0.29) is 11.3 Å². The molecule has 2 N–H and O–H groups in total. The lowest BCUT2D eigenvalue weighted by Gasteiger charge is -2.10. The summed E-state index contributed by atoms with van der Waals surface area (Å²) in [6.07, 6.45) is 0.316. The van der Waals surface area contributed by atoms with Gasteiger partial charge in [-0.1, -0.05) is 13.0 Å². The monoisotopic (exact) mass is 198 g/mol. The molecule has 0 aliphatic rings. The Kier molecular flexibility index (Phi) is 3.06. The van der Waals surface area contributed by atoms with Crippen LogP contribution in [0.2, 0.25) is 0 Å². The van der Waals surface area contributed by atoms with E-state index in [4.69, 9.17) is 10.2 Å². The number of carbonyl (C=O) groups is 1. The molecule has 0 fully saturated rings. The number of hydrogen-bond donors (Lipinski definition) is 2. The van der Waals surface area contributed by atoms with Crippen molar-refractivity contribution in [2.75, 3.05) is 0 Å². The highest BCUT2D eigenvalue weighted by molar-refractivity contribution is 5.76. The highest BCUT2D eigenvalue weighted by atomic mass is 19.1. The number of rotatable bonds is 3. The van der Waals surface area contributed by atoms with Crippen LogP contribution in [0.5, 0.6) is 5.75 Å². The first-order valence-corrected chi connectivity index (χ1v) is 4.27. The molecule has 1 aromatic rings. The van der Waals surface area contributed by atoms with Crippen molar-refractivity contribution >= 4 is 5.97 Å². The highest BCUT2D eigenvalue weighted by Crippen LogP contribution is 2.25. The van der Waals surface area contributed by atoms with Crippen molar-refractivity contribution in [1.82, 2.24) is 0 Å². The van der Waals surface area contributed by atoms with Crippen LogP contribution in [-0.2, 0) is 4.79 Å². The zero-order chi connectivity index (χ0) is 10.7. The first-order chi connectivity index (χ1) is 6.56. The first-order valence-electron chi connectivity index (χ1n) is 4.27. The van der Waals surface area contributed by atoms with Crippen LogP contribution >= 0.6 is 0 Å². The molecule has 1 atom stereocenters. The van der Waals surface area contributed by atoms with Crippen molar-refractivity contribution < 1.29 is 19.4 Å². The number of aromatic hydroxyl groups is 1. The summed E-state index contributed by atoms with van der Waals surface area (Å²) in [7, 11) is 0. The van der Waals surface area contributed by atoms with Gasteiger partial charge in [0.05, 0.1) is 5.92 Å². The summed E-state index contributed by atoms with van der Waals surface area (Å²) in [5.74, 6) is -2.79. The number of halogens is 1. The molecule has 0 aliphatic heterocycles. The van der Waals surface area contributed by atoms with Crippen molar-refractivity contribution in [1.29, 1.82) is 0 Å². The number of aliphatic carboxylic acids is 1. The quantitative estimate of drug-likeness (QED) is 0.782. The van der Waals surface area contributed by atoms with Gasteiger partial charge in [-0.15, -0.1) is 0 Å². The summed E-state index contributed by atoms with van der Waals surface area (Å²) >= 11 is 0. The Morgan fingerprint density at radius 2 is 2.21 bits per heavy atom. The molecular formula is C10H11FO3. The highest BCUT2D eigenvalue weighted by Gasteiger charge is 2.20. The lowest BCUT2D eigenvalue weighted by Crippen LogP contribution is -2.11.